The van der Waals surface area contributed by atoms with Crippen LogP contribution in [-0.2, 0) is 0 Å². The zero-order valence-electron chi connectivity index (χ0n) is 9.05. The fourth-order valence-electron chi connectivity index (χ4n) is 1.36. The normalized spacial score (nSPS) is 9.35. The van der Waals surface area contributed by atoms with Crippen LogP contribution >= 0.6 is 0 Å². The molecule has 2 aromatic rings. The molecule has 0 radical (unpaired) electrons. The maximum Gasteiger partial charge on any atom is 0.255 e. The standard InChI is InChI=1S/C14H10N2O/c1-2-11-3-5-13(6-4-11)16-14(17)12-7-9-15-10-8-12/h1,3-10H,(H,16,17). The summed E-state index contributed by atoms with van der Waals surface area (Å²) in [5.41, 5.74) is 2.07. The van der Waals surface area contributed by atoms with Gasteiger partial charge in [-0.1, -0.05) is 5.92 Å². The van der Waals surface area contributed by atoms with Crippen molar-refractivity contribution in [2.24, 2.45) is 0 Å². The molecule has 0 unspecified atom stereocenters. The lowest BCUT2D eigenvalue weighted by Crippen LogP contribution is -2.11. The summed E-state index contributed by atoms with van der Waals surface area (Å²) in [5.74, 6) is 2.35. The van der Waals surface area contributed by atoms with E-state index < -0.39 is 0 Å². The molecule has 0 saturated carbocycles. The number of nitrogens with one attached hydrogen (secondary N) is 1. The molecule has 82 valence electrons. The van der Waals surface area contributed by atoms with E-state index >= 15 is 0 Å². The molecule has 3 nitrogen and oxygen atoms in total. The van der Waals surface area contributed by atoms with Crippen molar-refractivity contribution in [1.82, 2.24) is 4.98 Å². The number of rotatable bonds is 2. The lowest BCUT2D eigenvalue weighted by Gasteiger charge is -2.04. The van der Waals surface area contributed by atoms with Crippen LogP contribution in [-0.4, -0.2) is 10.9 Å². The summed E-state index contributed by atoms with van der Waals surface area (Å²) in [7, 11) is 0. The summed E-state index contributed by atoms with van der Waals surface area (Å²) >= 11 is 0. The number of carbonyl (C=O) groups excluding carboxylic acids is 1. The number of amides is 1. The number of pyridine rings is 1. The molecule has 17 heavy (non-hydrogen) atoms. The number of benzene rings is 1. The maximum absolute atomic E-state index is 11.8. The highest BCUT2D eigenvalue weighted by Gasteiger charge is 2.04. The number of aromatic nitrogens is 1. The van der Waals surface area contributed by atoms with Crippen molar-refractivity contribution >= 4 is 11.6 Å². The van der Waals surface area contributed by atoms with Crippen LogP contribution in [0.25, 0.3) is 0 Å². The van der Waals surface area contributed by atoms with E-state index in [9.17, 15) is 4.79 Å². The van der Waals surface area contributed by atoms with E-state index in [0.29, 0.717) is 11.3 Å². The first kappa shape index (κ1) is 10.9. The molecular formula is C14H10N2O. The van der Waals surface area contributed by atoms with Crippen LogP contribution in [0.4, 0.5) is 5.69 Å². The number of anilines is 1. The third-order valence-electron chi connectivity index (χ3n) is 2.25. The van der Waals surface area contributed by atoms with Crippen molar-refractivity contribution < 1.29 is 4.79 Å². The predicted octanol–water partition coefficient (Wildman–Crippen LogP) is 2.32. The van der Waals surface area contributed by atoms with Gasteiger partial charge in [0.15, 0.2) is 0 Å². The second kappa shape index (κ2) is 4.95. The van der Waals surface area contributed by atoms with E-state index in [2.05, 4.69) is 16.2 Å². The molecule has 0 spiro atoms. The molecule has 0 aliphatic heterocycles. The largest absolute Gasteiger partial charge is 0.322 e. The highest BCUT2D eigenvalue weighted by atomic mass is 16.1. The number of carbonyl (C=O) groups is 1. The maximum atomic E-state index is 11.8. The van der Waals surface area contributed by atoms with Crippen molar-refractivity contribution in [3.05, 3.63) is 59.9 Å². The zero-order chi connectivity index (χ0) is 12.1. The van der Waals surface area contributed by atoms with Gasteiger partial charge in [0.05, 0.1) is 0 Å². The number of hydrogen-bond donors (Lipinski definition) is 1. The Kier molecular flexibility index (Phi) is 3.18. The van der Waals surface area contributed by atoms with Gasteiger partial charge in [-0.2, -0.15) is 0 Å². The van der Waals surface area contributed by atoms with Crippen LogP contribution in [0, 0.1) is 12.3 Å². The molecule has 1 heterocycles. The van der Waals surface area contributed by atoms with Crippen molar-refractivity contribution in [2.75, 3.05) is 5.32 Å². The Morgan fingerprint density at radius 2 is 1.76 bits per heavy atom. The van der Waals surface area contributed by atoms with Gasteiger partial charge >= 0.3 is 0 Å². The van der Waals surface area contributed by atoms with Crippen LogP contribution in [0.5, 0.6) is 0 Å². The Balaban J connectivity index is 2.11. The molecule has 0 fully saturated rings. The van der Waals surface area contributed by atoms with E-state index in [-0.39, 0.29) is 5.91 Å². The highest BCUT2D eigenvalue weighted by molar-refractivity contribution is 6.04. The van der Waals surface area contributed by atoms with E-state index in [0.717, 1.165) is 5.56 Å². The van der Waals surface area contributed by atoms with E-state index in [4.69, 9.17) is 6.42 Å². The van der Waals surface area contributed by atoms with Crippen LogP contribution in [0.2, 0.25) is 0 Å². The van der Waals surface area contributed by atoms with Gasteiger partial charge < -0.3 is 5.32 Å². The SMILES string of the molecule is C#Cc1ccc(NC(=O)c2ccncc2)cc1. The minimum atomic E-state index is -0.166. The zero-order valence-corrected chi connectivity index (χ0v) is 9.05. The molecule has 1 aromatic carbocycles. The predicted molar refractivity (Wildman–Crippen MR) is 66.6 cm³/mol. The van der Waals surface area contributed by atoms with E-state index in [1.165, 1.54) is 0 Å². The summed E-state index contributed by atoms with van der Waals surface area (Å²) in [4.78, 5) is 15.6. The van der Waals surface area contributed by atoms with Crippen molar-refractivity contribution in [1.29, 1.82) is 0 Å². The van der Waals surface area contributed by atoms with Gasteiger partial charge in [-0.15, -0.1) is 6.42 Å². The van der Waals surface area contributed by atoms with E-state index in [1.54, 1.807) is 48.8 Å². The van der Waals surface area contributed by atoms with Crippen LogP contribution in [0.3, 0.4) is 0 Å². The van der Waals surface area contributed by atoms with Gasteiger partial charge in [0.1, 0.15) is 0 Å². The third-order valence-corrected chi connectivity index (χ3v) is 2.25. The van der Waals surface area contributed by atoms with Crippen LogP contribution in [0.15, 0.2) is 48.8 Å². The first-order valence-corrected chi connectivity index (χ1v) is 5.07. The Hall–Kier alpha value is -2.60. The van der Waals surface area contributed by atoms with Gasteiger partial charge in [0.25, 0.3) is 5.91 Å². The van der Waals surface area contributed by atoms with Crippen molar-refractivity contribution in [3.63, 3.8) is 0 Å². The average molecular weight is 222 g/mol. The molecule has 0 saturated heterocycles. The quantitative estimate of drug-likeness (QED) is 0.792. The molecule has 3 heteroatoms. The van der Waals surface area contributed by atoms with Gasteiger partial charge in [0.2, 0.25) is 0 Å². The van der Waals surface area contributed by atoms with E-state index in [1.807, 2.05) is 0 Å². The lowest BCUT2D eigenvalue weighted by molar-refractivity contribution is 0.102. The van der Waals surface area contributed by atoms with Crippen LogP contribution < -0.4 is 5.32 Å². The molecule has 0 atom stereocenters. The summed E-state index contributed by atoms with van der Waals surface area (Å²) in [6.45, 7) is 0. The number of nitrogens with zero attached hydrogens (tertiary/aromatic N) is 1. The van der Waals surface area contributed by atoms with Gasteiger partial charge in [0, 0.05) is 29.2 Å². The lowest BCUT2D eigenvalue weighted by atomic mass is 10.2. The summed E-state index contributed by atoms with van der Waals surface area (Å²) < 4.78 is 0. The molecule has 1 N–H and O–H groups in total. The fourth-order valence-corrected chi connectivity index (χ4v) is 1.36. The number of hydrogen-bond acceptors (Lipinski definition) is 2. The van der Waals surface area contributed by atoms with Gasteiger partial charge in [-0.25, -0.2) is 0 Å². The molecule has 0 aliphatic rings. The molecule has 1 amide bonds. The molecule has 0 bridgehead atoms. The summed E-state index contributed by atoms with van der Waals surface area (Å²) in [6, 6.07) is 10.4. The highest BCUT2D eigenvalue weighted by Crippen LogP contribution is 2.10. The first-order valence-electron chi connectivity index (χ1n) is 5.07. The Bertz CT molecular complexity index is 553. The first-order chi connectivity index (χ1) is 8.29. The Morgan fingerprint density at radius 1 is 1.12 bits per heavy atom. The molecular weight excluding hydrogens is 212 g/mol. The number of terminal acetylenes is 1. The Morgan fingerprint density at radius 3 is 2.35 bits per heavy atom. The Labute approximate surface area is 99.5 Å². The smallest absolute Gasteiger partial charge is 0.255 e. The van der Waals surface area contributed by atoms with Crippen LogP contribution in [0.1, 0.15) is 15.9 Å². The fraction of sp³-hybridized carbons (Fsp3) is 0. The van der Waals surface area contributed by atoms with Gasteiger partial charge in [-0.05, 0) is 36.4 Å². The minimum Gasteiger partial charge on any atom is -0.322 e. The monoisotopic (exact) mass is 222 g/mol. The second-order valence-electron chi connectivity index (χ2n) is 3.41. The minimum absolute atomic E-state index is 0.166. The molecule has 0 aliphatic carbocycles. The molecule has 1 aromatic heterocycles. The van der Waals surface area contributed by atoms with Crippen molar-refractivity contribution in [2.45, 2.75) is 0 Å². The van der Waals surface area contributed by atoms with Gasteiger partial charge in [-0.3, -0.25) is 9.78 Å². The summed E-state index contributed by atoms with van der Waals surface area (Å²) in [5, 5.41) is 2.77. The average Bonchev–Trinajstić information content (AvgIpc) is 2.40. The second-order valence-corrected chi connectivity index (χ2v) is 3.41. The third kappa shape index (κ3) is 2.70. The molecule has 2 rings (SSSR count). The summed E-state index contributed by atoms with van der Waals surface area (Å²) in [6.07, 6.45) is 8.41. The topological polar surface area (TPSA) is 42.0 Å². The van der Waals surface area contributed by atoms with Crippen molar-refractivity contribution in [3.8, 4) is 12.3 Å².